The number of hydrogen-bond acceptors (Lipinski definition) is 6. The second kappa shape index (κ2) is 9.70. The number of likely N-dealkylation sites (tertiary alicyclic amines) is 1. The molecular formula is C23H29N3O4S. The van der Waals surface area contributed by atoms with Crippen molar-refractivity contribution in [2.45, 2.75) is 18.9 Å². The molecule has 7 nitrogen and oxygen atoms in total. The highest BCUT2D eigenvalue weighted by atomic mass is 32.1. The molecule has 2 aliphatic rings. The van der Waals surface area contributed by atoms with Crippen molar-refractivity contribution in [1.82, 2.24) is 14.7 Å². The molecular weight excluding hydrogens is 414 g/mol. The quantitative estimate of drug-likeness (QED) is 0.687. The van der Waals surface area contributed by atoms with Gasteiger partial charge in [-0.05, 0) is 49.0 Å². The van der Waals surface area contributed by atoms with Crippen LogP contribution < -0.4 is 9.47 Å². The lowest BCUT2D eigenvalue weighted by Crippen LogP contribution is -2.52. The van der Waals surface area contributed by atoms with Crippen molar-refractivity contribution in [2.24, 2.45) is 0 Å². The molecule has 0 unspecified atom stereocenters. The SMILES string of the molecule is COc1ccc(OC)c([C@H]2CCCN2CC(=O)N2CCN(C(=O)c3cccs3)CC2)c1. The number of amides is 2. The van der Waals surface area contributed by atoms with Crippen LogP contribution in [0.15, 0.2) is 35.7 Å². The van der Waals surface area contributed by atoms with E-state index in [4.69, 9.17) is 9.47 Å². The molecule has 0 N–H and O–H groups in total. The Bertz CT molecular complexity index is 910. The van der Waals surface area contributed by atoms with Crippen LogP contribution in [0.4, 0.5) is 0 Å². The summed E-state index contributed by atoms with van der Waals surface area (Å²) >= 11 is 1.46. The number of ether oxygens (including phenoxy) is 2. The van der Waals surface area contributed by atoms with Gasteiger partial charge in [-0.3, -0.25) is 14.5 Å². The first kappa shape index (κ1) is 21.6. The number of benzene rings is 1. The van der Waals surface area contributed by atoms with Crippen LogP contribution in [0, 0.1) is 0 Å². The van der Waals surface area contributed by atoms with E-state index in [9.17, 15) is 9.59 Å². The minimum absolute atomic E-state index is 0.0619. The van der Waals surface area contributed by atoms with E-state index < -0.39 is 0 Å². The summed E-state index contributed by atoms with van der Waals surface area (Å²) < 4.78 is 11.0. The van der Waals surface area contributed by atoms with Crippen LogP contribution in [0.1, 0.15) is 34.1 Å². The lowest BCUT2D eigenvalue weighted by atomic mass is 10.0. The zero-order valence-corrected chi connectivity index (χ0v) is 18.9. The molecule has 31 heavy (non-hydrogen) atoms. The van der Waals surface area contributed by atoms with Crippen molar-refractivity contribution in [3.63, 3.8) is 0 Å². The second-order valence-corrected chi connectivity index (χ2v) is 8.83. The molecule has 166 valence electrons. The minimum atomic E-state index is 0.0619. The predicted octanol–water partition coefficient (Wildman–Crippen LogP) is 2.89. The molecule has 2 saturated heterocycles. The van der Waals surface area contributed by atoms with Crippen LogP contribution in [0.2, 0.25) is 0 Å². The van der Waals surface area contributed by atoms with Crippen LogP contribution in [0.5, 0.6) is 11.5 Å². The Kier molecular flexibility index (Phi) is 6.77. The summed E-state index contributed by atoms with van der Waals surface area (Å²) in [5.74, 6) is 1.80. The summed E-state index contributed by atoms with van der Waals surface area (Å²) in [6, 6.07) is 9.71. The standard InChI is InChI=1S/C23H29N3O4S/c1-29-17-7-8-20(30-2)18(15-17)19-5-3-9-26(19)16-22(27)24-10-12-25(13-11-24)23(28)21-6-4-14-31-21/h4,6-8,14-15,19H,3,5,9-13,16H2,1-2H3/t19-/m1/s1. The monoisotopic (exact) mass is 443 g/mol. The van der Waals surface area contributed by atoms with E-state index in [0.717, 1.165) is 41.3 Å². The largest absolute Gasteiger partial charge is 0.497 e. The van der Waals surface area contributed by atoms with Crippen LogP contribution >= 0.6 is 11.3 Å². The second-order valence-electron chi connectivity index (χ2n) is 7.89. The Morgan fingerprint density at radius 1 is 1.03 bits per heavy atom. The molecule has 2 amide bonds. The summed E-state index contributed by atoms with van der Waals surface area (Å²) in [6.45, 7) is 3.58. The highest BCUT2D eigenvalue weighted by Crippen LogP contribution is 2.38. The Hall–Kier alpha value is -2.58. The third-order valence-electron chi connectivity index (χ3n) is 6.15. The van der Waals surface area contributed by atoms with Crippen molar-refractivity contribution in [3.05, 3.63) is 46.2 Å². The summed E-state index contributed by atoms with van der Waals surface area (Å²) in [7, 11) is 3.33. The minimum Gasteiger partial charge on any atom is -0.497 e. The molecule has 1 aromatic heterocycles. The van der Waals surface area contributed by atoms with Gasteiger partial charge in [0, 0.05) is 37.8 Å². The van der Waals surface area contributed by atoms with E-state index in [-0.39, 0.29) is 17.9 Å². The topological polar surface area (TPSA) is 62.3 Å². The zero-order chi connectivity index (χ0) is 21.8. The van der Waals surface area contributed by atoms with Gasteiger partial charge in [-0.1, -0.05) is 6.07 Å². The van der Waals surface area contributed by atoms with E-state index in [1.54, 1.807) is 14.2 Å². The van der Waals surface area contributed by atoms with Crippen LogP contribution in [-0.4, -0.2) is 80.0 Å². The van der Waals surface area contributed by atoms with E-state index >= 15 is 0 Å². The zero-order valence-electron chi connectivity index (χ0n) is 18.1. The van der Waals surface area contributed by atoms with Gasteiger partial charge in [-0.25, -0.2) is 0 Å². The molecule has 0 saturated carbocycles. The molecule has 4 rings (SSSR count). The van der Waals surface area contributed by atoms with Crippen molar-refractivity contribution in [1.29, 1.82) is 0 Å². The number of piperazine rings is 1. The average molecular weight is 444 g/mol. The molecule has 2 fully saturated rings. The number of methoxy groups -OCH3 is 2. The molecule has 1 aromatic carbocycles. The fraction of sp³-hybridized carbons (Fsp3) is 0.478. The maximum atomic E-state index is 13.0. The number of nitrogens with zero attached hydrogens (tertiary/aromatic N) is 3. The van der Waals surface area contributed by atoms with Gasteiger partial charge in [-0.15, -0.1) is 11.3 Å². The predicted molar refractivity (Wildman–Crippen MR) is 120 cm³/mol. The Balaban J connectivity index is 1.37. The lowest BCUT2D eigenvalue weighted by Gasteiger charge is -2.36. The van der Waals surface area contributed by atoms with E-state index in [1.165, 1.54) is 11.3 Å². The number of thiophene rings is 1. The summed E-state index contributed by atoms with van der Waals surface area (Å²) in [4.78, 5) is 32.3. The van der Waals surface area contributed by atoms with Gasteiger partial charge in [0.25, 0.3) is 5.91 Å². The number of carbonyl (C=O) groups is 2. The molecule has 0 radical (unpaired) electrons. The van der Waals surface area contributed by atoms with Gasteiger partial charge in [0.05, 0.1) is 25.6 Å². The molecule has 2 aliphatic heterocycles. The Morgan fingerprint density at radius 3 is 2.48 bits per heavy atom. The van der Waals surface area contributed by atoms with Crippen molar-refractivity contribution in [2.75, 3.05) is 53.5 Å². The molecule has 2 aromatic rings. The molecule has 0 spiro atoms. The summed E-state index contributed by atoms with van der Waals surface area (Å²) in [5.41, 5.74) is 1.07. The molecule has 0 bridgehead atoms. The number of hydrogen-bond donors (Lipinski definition) is 0. The highest BCUT2D eigenvalue weighted by molar-refractivity contribution is 7.12. The van der Waals surface area contributed by atoms with Gasteiger partial charge in [-0.2, -0.15) is 0 Å². The van der Waals surface area contributed by atoms with Gasteiger partial charge < -0.3 is 19.3 Å². The van der Waals surface area contributed by atoms with E-state index in [0.29, 0.717) is 32.7 Å². The smallest absolute Gasteiger partial charge is 0.264 e. The maximum Gasteiger partial charge on any atom is 0.264 e. The highest BCUT2D eigenvalue weighted by Gasteiger charge is 2.32. The third-order valence-corrected chi connectivity index (χ3v) is 7.01. The van der Waals surface area contributed by atoms with E-state index in [1.807, 2.05) is 45.5 Å². The fourth-order valence-electron chi connectivity index (χ4n) is 4.46. The first-order valence-corrected chi connectivity index (χ1v) is 11.5. The van der Waals surface area contributed by atoms with Crippen LogP contribution in [-0.2, 0) is 4.79 Å². The average Bonchev–Trinajstić information content (AvgIpc) is 3.50. The van der Waals surface area contributed by atoms with Gasteiger partial charge in [0.2, 0.25) is 5.91 Å². The summed E-state index contributed by atoms with van der Waals surface area (Å²) in [5, 5.41) is 1.91. The summed E-state index contributed by atoms with van der Waals surface area (Å²) in [6.07, 6.45) is 2.03. The van der Waals surface area contributed by atoms with Crippen molar-refractivity contribution < 1.29 is 19.1 Å². The van der Waals surface area contributed by atoms with Crippen LogP contribution in [0.25, 0.3) is 0 Å². The van der Waals surface area contributed by atoms with Crippen LogP contribution in [0.3, 0.4) is 0 Å². The number of carbonyl (C=O) groups excluding carboxylic acids is 2. The number of rotatable bonds is 6. The molecule has 1 atom stereocenters. The first-order chi connectivity index (χ1) is 15.1. The third kappa shape index (κ3) is 4.70. The van der Waals surface area contributed by atoms with Crippen molar-refractivity contribution in [3.8, 4) is 11.5 Å². The fourth-order valence-corrected chi connectivity index (χ4v) is 5.15. The molecule has 0 aliphatic carbocycles. The van der Waals surface area contributed by atoms with Gasteiger partial charge in [0.15, 0.2) is 0 Å². The lowest BCUT2D eigenvalue weighted by molar-refractivity contribution is -0.134. The van der Waals surface area contributed by atoms with Crippen molar-refractivity contribution >= 4 is 23.2 Å². The molecule has 8 heteroatoms. The normalized spacial score (nSPS) is 19.5. The Morgan fingerprint density at radius 2 is 1.81 bits per heavy atom. The van der Waals surface area contributed by atoms with E-state index in [2.05, 4.69) is 4.90 Å². The van der Waals surface area contributed by atoms with Gasteiger partial charge >= 0.3 is 0 Å². The molecule has 3 heterocycles. The first-order valence-electron chi connectivity index (χ1n) is 10.7. The Labute approximate surface area is 187 Å². The van der Waals surface area contributed by atoms with Gasteiger partial charge in [0.1, 0.15) is 11.5 Å². The maximum absolute atomic E-state index is 13.0.